The summed E-state index contributed by atoms with van der Waals surface area (Å²) < 4.78 is 33.3. The average molecular weight is 503 g/mol. The third-order valence-electron chi connectivity index (χ3n) is 7.33. The van der Waals surface area contributed by atoms with Crippen LogP contribution < -0.4 is 4.74 Å². The van der Waals surface area contributed by atoms with Gasteiger partial charge >= 0.3 is 0 Å². The summed E-state index contributed by atoms with van der Waals surface area (Å²) in [6.45, 7) is 5.14. The van der Waals surface area contributed by atoms with Crippen LogP contribution in [0.25, 0.3) is 22.4 Å². The third-order valence-corrected chi connectivity index (χ3v) is 7.33. The molecule has 190 valence electrons. The number of imidazole rings is 1. The summed E-state index contributed by atoms with van der Waals surface area (Å²) >= 11 is 0. The van der Waals surface area contributed by atoms with Crippen molar-refractivity contribution in [2.24, 2.45) is 5.92 Å². The molecule has 0 spiro atoms. The summed E-state index contributed by atoms with van der Waals surface area (Å²) in [7, 11) is 2.19. The van der Waals surface area contributed by atoms with Crippen LogP contribution in [0, 0.1) is 29.9 Å². The Morgan fingerprint density at radius 3 is 2.65 bits per heavy atom. The summed E-state index contributed by atoms with van der Waals surface area (Å²) in [5.74, 6) is 2.96. The second-order valence-corrected chi connectivity index (χ2v) is 10.1. The minimum absolute atomic E-state index is 0.236. The van der Waals surface area contributed by atoms with Crippen molar-refractivity contribution in [1.29, 1.82) is 0 Å². The number of piperidine rings is 1. The molecule has 0 unspecified atom stereocenters. The number of H-pyrrole nitrogens is 2. The second kappa shape index (κ2) is 9.61. The zero-order valence-corrected chi connectivity index (χ0v) is 20.6. The molecule has 2 aromatic carbocycles. The highest BCUT2D eigenvalue weighted by Crippen LogP contribution is 2.33. The fourth-order valence-corrected chi connectivity index (χ4v) is 5.36. The Kier molecular flexibility index (Phi) is 6.14. The van der Waals surface area contributed by atoms with E-state index in [1.54, 1.807) is 6.07 Å². The van der Waals surface area contributed by atoms with Gasteiger partial charge in [-0.25, -0.2) is 13.8 Å². The minimum atomic E-state index is -0.944. The van der Waals surface area contributed by atoms with E-state index in [1.165, 1.54) is 38.1 Å². The Bertz CT molecular complexity index is 1440. The summed E-state index contributed by atoms with van der Waals surface area (Å²) in [4.78, 5) is 13.2. The van der Waals surface area contributed by atoms with Crippen molar-refractivity contribution < 1.29 is 13.5 Å². The molecule has 0 saturated carbocycles. The molecular weight excluding hydrogens is 474 g/mol. The lowest BCUT2D eigenvalue weighted by molar-refractivity contribution is 0.159. The summed E-state index contributed by atoms with van der Waals surface area (Å²) in [5.41, 5.74) is 3.93. The lowest BCUT2D eigenvalue weighted by Gasteiger charge is -2.31. The molecule has 0 aliphatic carbocycles. The zero-order valence-electron chi connectivity index (χ0n) is 20.6. The van der Waals surface area contributed by atoms with Gasteiger partial charge in [-0.15, -0.1) is 6.42 Å². The van der Waals surface area contributed by atoms with Gasteiger partial charge in [-0.2, -0.15) is 5.10 Å². The molecule has 0 amide bonds. The number of terminal acetylenes is 1. The Balaban J connectivity index is 1.19. The van der Waals surface area contributed by atoms with Gasteiger partial charge in [0.1, 0.15) is 23.1 Å². The van der Waals surface area contributed by atoms with E-state index < -0.39 is 17.7 Å². The van der Waals surface area contributed by atoms with Crippen molar-refractivity contribution in [3.05, 3.63) is 65.0 Å². The van der Waals surface area contributed by atoms with Crippen molar-refractivity contribution in [3.8, 4) is 29.6 Å². The standard InChI is InChI=1S/C28H28F2N6O/c1-3-26(18-10-19(29)12-20(30)11-18)37-21-4-5-23-22(13-21)27(34-33-23)28-31-24-15-36(16-25(24)32-28)14-17-6-8-35(2)9-7-17/h1,4-5,10-13,17,26H,6-9,14-16H2,2H3,(H,31,32)(H,33,34)/t26-/m1/s1. The summed E-state index contributed by atoms with van der Waals surface area (Å²) in [6, 6.07) is 8.55. The molecule has 37 heavy (non-hydrogen) atoms. The zero-order chi connectivity index (χ0) is 25.5. The molecule has 1 fully saturated rings. The van der Waals surface area contributed by atoms with Crippen molar-refractivity contribution in [2.75, 3.05) is 26.7 Å². The molecule has 0 bridgehead atoms. The SMILES string of the molecule is C#C[C@@H](Oc1ccc2[nH]nc(-c3nc4c([nH]3)CN(CC3CCN(C)CC3)C4)c2c1)c1cc(F)cc(F)c1. The predicted molar refractivity (Wildman–Crippen MR) is 137 cm³/mol. The van der Waals surface area contributed by atoms with E-state index in [2.05, 4.69) is 37.9 Å². The van der Waals surface area contributed by atoms with E-state index in [4.69, 9.17) is 16.1 Å². The minimum Gasteiger partial charge on any atom is -0.473 e. The number of rotatable bonds is 6. The topological polar surface area (TPSA) is 73.1 Å². The number of halogens is 2. The van der Waals surface area contributed by atoms with E-state index in [0.717, 1.165) is 53.9 Å². The van der Waals surface area contributed by atoms with Gasteiger partial charge in [0.15, 0.2) is 11.9 Å². The van der Waals surface area contributed by atoms with Gasteiger partial charge in [-0.05, 0) is 69.2 Å². The highest BCUT2D eigenvalue weighted by Gasteiger charge is 2.28. The third kappa shape index (κ3) is 4.82. The number of aromatic nitrogens is 4. The van der Waals surface area contributed by atoms with Crippen molar-refractivity contribution in [1.82, 2.24) is 30.0 Å². The van der Waals surface area contributed by atoms with Gasteiger partial charge < -0.3 is 14.6 Å². The van der Waals surface area contributed by atoms with Crippen LogP contribution in [0.5, 0.6) is 5.75 Å². The number of aromatic amines is 2. The van der Waals surface area contributed by atoms with Crippen LogP contribution in [-0.4, -0.2) is 56.6 Å². The van der Waals surface area contributed by atoms with Crippen LogP contribution in [0.3, 0.4) is 0 Å². The molecule has 1 atom stereocenters. The molecule has 7 nitrogen and oxygen atoms in total. The normalized spacial score (nSPS) is 17.7. The molecule has 2 aliphatic rings. The van der Waals surface area contributed by atoms with Crippen LogP contribution >= 0.6 is 0 Å². The molecular formula is C28H28F2N6O. The number of nitrogens with one attached hydrogen (secondary N) is 2. The quantitative estimate of drug-likeness (QED) is 0.376. The summed E-state index contributed by atoms with van der Waals surface area (Å²) in [5, 5.41) is 8.34. The highest BCUT2D eigenvalue weighted by molar-refractivity contribution is 5.92. The Morgan fingerprint density at radius 2 is 1.92 bits per heavy atom. The smallest absolute Gasteiger partial charge is 0.184 e. The highest BCUT2D eigenvalue weighted by atomic mass is 19.1. The molecule has 4 heterocycles. The van der Waals surface area contributed by atoms with Gasteiger partial charge in [0.2, 0.25) is 0 Å². The number of nitrogens with zero attached hydrogens (tertiary/aromatic N) is 4. The van der Waals surface area contributed by atoms with E-state index in [0.29, 0.717) is 17.3 Å². The molecule has 9 heteroatoms. The fraction of sp³-hybridized carbons (Fsp3) is 0.357. The Hall–Kier alpha value is -3.74. The summed E-state index contributed by atoms with van der Waals surface area (Å²) in [6.07, 6.45) is 7.18. The fourth-order valence-electron chi connectivity index (χ4n) is 5.36. The van der Waals surface area contributed by atoms with Gasteiger partial charge in [-0.3, -0.25) is 10.00 Å². The number of hydrogen-bond acceptors (Lipinski definition) is 5. The first-order chi connectivity index (χ1) is 17.9. The first-order valence-electron chi connectivity index (χ1n) is 12.5. The van der Waals surface area contributed by atoms with E-state index in [1.807, 2.05) is 12.1 Å². The number of benzene rings is 2. The molecule has 0 radical (unpaired) electrons. The Morgan fingerprint density at radius 1 is 1.14 bits per heavy atom. The first kappa shape index (κ1) is 23.6. The van der Waals surface area contributed by atoms with Crippen LogP contribution in [-0.2, 0) is 13.1 Å². The second-order valence-electron chi connectivity index (χ2n) is 10.1. The van der Waals surface area contributed by atoms with E-state index in [9.17, 15) is 8.78 Å². The monoisotopic (exact) mass is 502 g/mol. The van der Waals surface area contributed by atoms with Crippen molar-refractivity contribution in [3.63, 3.8) is 0 Å². The van der Waals surface area contributed by atoms with Crippen molar-refractivity contribution >= 4 is 10.9 Å². The number of ether oxygens (including phenoxy) is 1. The maximum Gasteiger partial charge on any atom is 0.184 e. The first-order valence-corrected chi connectivity index (χ1v) is 12.5. The molecule has 2 aromatic heterocycles. The number of likely N-dealkylation sites (tertiary alicyclic amines) is 1. The number of fused-ring (bicyclic) bond motifs is 2. The van der Waals surface area contributed by atoms with Gasteiger partial charge in [-0.1, -0.05) is 5.92 Å². The van der Waals surface area contributed by atoms with Gasteiger partial charge in [0, 0.05) is 36.7 Å². The van der Waals surface area contributed by atoms with Crippen LogP contribution in [0.1, 0.15) is 35.9 Å². The average Bonchev–Trinajstić information content (AvgIpc) is 3.56. The maximum absolute atomic E-state index is 13.7. The lowest BCUT2D eigenvalue weighted by Crippen LogP contribution is -2.35. The maximum atomic E-state index is 13.7. The molecule has 1 saturated heterocycles. The van der Waals surface area contributed by atoms with Crippen LogP contribution in [0.2, 0.25) is 0 Å². The molecule has 2 aliphatic heterocycles. The van der Waals surface area contributed by atoms with Crippen molar-refractivity contribution in [2.45, 2.75) is 32.0 Å². The lowest BCUT2D eigenvalue weighted by atomic mass is 9.97. The molecule has 4 aromatic rings. The van der Waals surface area contributed by atoms with Gasteiger partial charge in [0.05, 0.1) is 16.9 Å². The predicted octanol–water partition coefficient (Wildman–Crippen LogP) is 4.64. The molecule has 2 N–H and O–H groups in total. The largest absolute Gasteiger partial charge is 0.473 e. The number of hydrogen-bond donors (Lipinski definition) is 2. The Labute approximate surface area is 213 Å². The van der Waals surface area contributed by atoms with Crippen LogP contribution in [0.4, 0.5) is 8.78 Å². The molecule has 6 rings (SSSR count). The van der Waals surface area contributed by atoms with Gasteiger partial charge in [0.25, 0.3) is 0 Å². The van der Waals surface area contributed by atoms with Crippen LogP contribution in [0.15, 0.2) is 36.4 Å². The van der Waals surface area contributed by atoms with E-state index in [-0.39, 0.29) is 5.56 Å². The van der Waals surface area contributed by atoms with E-state index >= 15 is 0 Å².